The third-order valence-electron chi connectivity index (χ3n) is 5.44. The Kier molecular flexibility index (Phi) is 6.34. The highest BCUT2D eigenvalue weighted by Gasteiger charge is 2.21. The second kappa shape index (κ2) is 9.51. The minimum Gasteiger partial charge on any atom is -0.495 e. The Bertz CT molecular complexity index is 1100. The molecule has 1 aromatic heterocycles. The van der Waals surface area contributed by atoms with Crippen molar-refractivity contribution in [2.45, 2.75) is 13.8 Å². The normalized spacial score (nSPS) is 13.6. The SMILES string of the molecule is COc1ccccc1N1CCN(c2ncnc(Nc3cccc(NC(C)=O)c3C)n2)CC1. The molecule has 1 fully saturated rings. The summed E-state index contributed by atoms with van der Waals surface area (Å²) in [7, 11) is 1.70. The van der Waals surface area contributed by atoms with Gasteiger partial charge in [-0.1, -0.05) is 18.2 Å². The van der Waals surface area contributed by atoms with Crippen LogP contribution in [0.5, 0.6) is 5.75 Å². The summed E-state index contributed by atoms with van der Waals surface area (Å²) in [4.78, 5) is 29.2. The van der Waals surface area contributed by atoms with Crippen LogP contribution >= 0.6 is 0 Å². The number of carbonyl (C=O) groups is 1. The fourth-order valence-corrected chi connectivity index (χ4v) is 3.76. The number of amides is 1. The Morgan fingerprint density at radius 1 is 0.969 bits per heavy atom. The lowest BCUT2D eigenvalue weighted by Crippen LogP contribution is -2.47. The first-order valence-corrected chi connectivity index (χ1v) is 10.5. The zero-order valence-corrected chi connectivity index (χ0v) is 18.5. The third-order valence-corrected chi connectivity index (χ3v) is 5.44. The van der Waals surface area contributed by atoms with Gasteiger partial charge in [0.05, 0.1) is 12.8 Å². The molecule has 2 heterocycles. The summed E-state index contributed by atoms with van der Waals surface area (Å²) >= 11 is 0. The van der Waals surface area contributed by atoms with Crippen molar-refractivity contribution in [1.29, 1.82) is 0 Å². The maximum Gasteiger partial charge on any atom is 0.232 e. The summed E-state index contributed by atoms with van der Waals surface area (Å²) in [6, 6.07) is 13.7. The van der Waals surface area contributed by atoms with Crippen LogP contribution in [-0.2, 0) is 4.79 Å². The average molecular weight is 434 g/mol. The summed E-state index contributed by atoms with van der Waals surface area (Å²) < 4.78 is 5.50. The van der Waals surface area contributed by atoms with Gasteiger partial charge in [-0.3, -0.25) is 4.79 Å². The van der Waals surface area contributed by atoms with Crippen molar-refractivity contribution in [2.75, 3.05) is 53.7 Å². The number of carbonyl (C=O) groups excluding carboxylic acids is 1. The summed E-state index contributed by atoms with van der Waals surface area (Å²) in [6.07, 6.45) is 1.52. The smallest absolute Gasteiger partial charge is 0.232 e. The Labute approximate surface area is 187 Å². The average Bonchev–Trinajstić information content (AvgIpc) is 2.82. The standard InChI is InChI=1S/C23H27N7O2/c1-16-18(26-17(2)31)7-6-8-19(16)27-22-24-15-25-23(28-22)30-13-11-29(12-14-30)20-9-4-5-10-21(20)32-3/h4-10,15H,11-14H2,1-3H3,(H,26,31)(H,24,25,27,28). The van der Waals surface area contributed by atoms with Crippen molar-refractivity contribution in [3.05, 3.63) is 54.4 Å². The fourth-order valence-electron chi connectivity index (χ4n) is 3.76. The van der Waals surface area contributed by atoms with Crippen molar-refractivity contribution in [3.8, 4) is 5.75 Å². The second-order valence-corrected chi connectivity index (χ2v) is 7.54. The van der Waals surface area contributed by atoms with E-state index in [0.717, 1.165) is 54.6 Å². The number of aromatic nitrogens is 3. The van der Waals surface area contributed by atoms with Crippen molar-refractivity contribution >= 4 is 34.9 Å². The predicted molar refractivity (Wildman–Crippen MR) is 126 cm³/mol. The molecule has 9 nitrogen and oxygen atoms in total. The highest BCUT2D eigenvalue weighted by Crippen LogP contribution is 2.29. The van der Waals surface area contributed by atoms with Gasteiger partial charge in [-0.05, 0) is 36.8 Å². The van der Waals surface area contributed by atoms with Gasteiger partial charge >= 0.3 is 0 Å². The lowest BCUT2D eigenvalue weighted by atomic mass is 10.1. The number of anilines is 5. The largest absolute Gasteiger partial charge is 0.495 e. The first kappa shape index (κ1) is 21.4. The molecule has 0 aliphatic carbocycles. The monoisotopic (exact) mass is 433 g/mol. The van der Waals surface area contributed by atoms with Gasteiger partial charge < -0.3 is 25.2 Å². The van der Waals surface area contributed by atoms with Crippen LogP contribution in [-0.4, -0.2) is 54.1 Å². The molecule has 2 aromatic carbocycles. The van der Waals surface area contributed by atoms with Crippen LogP contribution in [0.4, 0.5) is 29.0 Å². The number of methoxy groups -OCH3 is 1. The molecule has 0 saturated carbocycles. The number of benzene rings is 2. The molecule has 1 saturated heterocycles. The van der Waals surface area contributed by atoms with Crippen molar-refractivity contribution in [2.24, 2.45) is 0 Å². The van der Waals surface area contributed by atoms with Crippen molar-refractivity contribution in [1.82, 2.24) is 15.0 Å². The van der Waals surface area contributed by atoms with Gasteiger partial charge in [0, 0.05) is 44.5 Å². The fraction of sp³-hybridized carbons (Fsp3) is 0.304. The number of nitrogens with zero attached hydrogens (tertiary/aromatic N) is 5. The molecule has 0 unspecified atom stereocenters. The Morgan fingerprint density at radius 3 is 2.44 bits per heavy atom. The van der Waals surface area contributed by atoms with E-state index in [-0.39, 0.29) is 5.91 Å². The minimum atomic E-state index is -0.111. The molecule has 4 rings (SSSR count). The van der Waals surface area contributed by atoms with E-state index in [0.29, 0.717) is 11.9 Å². The van der Waals surface area contributed by atoms with E-state index >= 15 is 0 Å². The highest BCUT2D eigenvalue weighted by molar-refractivity contribution is 5.90. The van der Waals surface area contributed by atoms with Crippen LogP contribution in [0.1, 0.15) is 12.5 Å². The molecule has 1 aliphatic heterocycles. The lowest BCUT2D eigenvalue weighted by Gasteiger charge is -2.36. The number of hydrogen-bond acceptors (Lipinski definition) is 8. The maximum absolute atomic E-state index is 11.4. The molecule has 1 aliphatic rings. The summed E-state index contributed by atoms with van der Waals surface area (Å²) in [5, 5.41) is 6.08. The molecule has 9 heteroatoms. The number of piperazine rings is 1. The zero-order valence-electron chi connectivity index (χ0n) is 18.5. The Balaban J connectivity index is 1.45. The van der Waals surface area contributed by atoms with E-state index in [1.165, 1.54) is 13.3 Å². The number of rotatable bonds is 6. The minimum absolute atomic E-state index is 0.111. The lowest BCUT2D eigenvalue weighted by molar-refractivity contribution is -0.114. The van der Waals surface area contributed by atoms with E-state index in [1.807, 2.05) is 43.3 Å². The van der Waals surface area contributed by atoms with Gasteiger partial charge in [-0.25, -0.2) is 9.97 Å². The van der Waals surface area contributed by atoms with Gasteiger partial charge in [-0.2, -0.15) is 4.98 Å². The third kappa shape index (κ3) is 4.72. The topological polar surface area (TPSA) is 95.5 Å². The second-order valence-electron chi connectivity index (χ2n) is 7.54. The Morgan fingerprint density at radius 2 is 1.69 bits per heavy atom. The van der Waals surface area contributed by atoms with Gasteiger partial charge in [0.25, 0.3) is 0 Å². The molecule has 0 spiro atoms. The molecule has 0 atom stereocenters. The summed E-state index contributed by atoms with van der Waals surface area (Å²) in [5.41, 5.74) is 3.59. The first-order valence-electron chi connectivity index (χ1n) is 10.5. The molecule has 2 N–H and O–H groups in total. The summed E-state index contributed by atoms with van der Waals surface area (Å²) in [5.74, 6) is 1.87. The molecule has 3 aromatic rings. The van der Waals surface area contributed by atoms with E-state index in [1.54, 1.807) is 7.11 Å². The van der Waals surface area contributed by atoms with Gasteiger partial charge in [-0.15, -0.1) is 0 Å². The van der Waals surface area contributed by atoms with Crippen LogP contribution in [0.2, 0.25) is 0 Å². The first-order chi connectivity index (χ1) is 15.5. The van der Waals surface area contributed by atoms with E-state index in [2.05, 4.69) is 41.5 Å². The van der Waals surface area contributed by atoms with Crippen molar-refractivity contribution in [3.63, 3.8) is 0 Å². The number of hydrogen-bond donors (Lipinski definition) is 2. The maximum atomic E-state index is 11.4. The van der Waals surface area contributed by atoms with Gasteiger partial charge in [0.15, 0.2) is 0 Å². The van der Waals surface area contributed by atoms with Crippen LogP contribution in [0, 0.1) is 6.92 Å². The summed E-state index contributed by atoms with van der Waals surface area (Å²) in [6.45, 7) is 6.69. The predicted octanol–water partition coefficient (Wildman–Crippen LogP) is 3.22. The molecule has 166 valence electrons. The van der Waals surface area contributed by atoms with E-state index in [9.17, 15) is 4.79 Å². The quantitative estimate of drug-likeness (QED) is 0.612. The van der Waals surface area contributed by atoms with Gasteiger partial charge in [0.1, 0.15) is 12.1 Å². The van der Waals surface area contributed by atoms with E-state index in [4.69, 9.17) is 4.74 Å². The number of para-hydroxylation sites is 2. The van der Waals surface area contributed by atoms with Crippen LogP contribution in [0.25, 0.3) is 0 Å². The van der Waals surface area contributed by atoms with E-state index < -0.39 is 0 Å². The van der Waals surface area contributed by atoms with Crippen LogP contribution < -0.4 is 25.2 Å². The zero-order chi connectivity index (χ0) is 22.5. The van der Waals surface area contributed by atoms with Crippen LogP contribution in [0.15, 0.2) is 48.8 Å². The molecule has 32 heavy (non-hydrogen) atoms. The Hall–Kier alpha value is -3.88. The molecular weight excluding hydrogens is 406 g/mol. The number of ether oxygens (including phenoxy) is 1. The molecule has 1 amide bonds. The van der Waals surface area contributed by atoms with Gasteiger partial charge in [0.2, 0.25) is 17.8 Å². The molecular formula is C23H27N7O2. The molecule has 0 bridgehead atoms. The highest BCUT2D eigenvalue weighted by atomic mass is 16.5. The van der Waals surface area contributed by atoms with Crippen molar-refractivity contribution < 1.29 is 9.53 Å². The molecule has 0 radical (unpaired) electrons. The van der Waals surface area contributed by atoms with Crippen LogP contribution in [0.3, 0.4) is 0 Å². The number of nitrogens with one attached hydrogen (secondary N) is 2.